The minimum absolute atomic E-state index is 0.111. The van der Waals surface area contributed by atoms with Crippen molar-refractivity contribution in [2.45, 2.75) is 32.3 Å². The summed E-state index contributed by atoms with van der Waals surface area (Å²) in [5.41, 5.74) is 2.05. The Morgan fingerprint density at radius 2 is 1.72 bits per heavy atom. The van der Waals surface area contributed by atoms with Crippen molar-refractivity contribution in [3.8, 4) is 0 Å². The maximum atomic E-state index is 11.4. The van der Waals surface area contributed by atoms with Crippen molar-refractivity contribution in [2.24, 2.45) is 5.92 Å². The highest BCUT2D eigenvalue weighted by molar-refractivity contribution is 7.91. The number of hydrogen-bond donors (Lipinski definition) is 1. The SMILES string of the molecule is CC(C)c1ccc(C(O)C2CCS(=O)(=O)C2)cc1. The monoisotopic (exact) mass is 268 g/mol. The number of sulfone groups is 1. The zero-order chi connectivity index (χ0) is 13.3. The lowest BCUT2D eigenvalue weighted by atomic mass is 9.93. The van der Waals surface area contributed by atoms with Crippen LogP contribution in [-0.2, 0) is 9.84 Å². The fourth-order valence-corrected chi connectivity index (χ4v) is 4.25. The van der Waals surface area contributed by atoms with E-state index < -0.39 is 15.9 Å². The highest BCUT2D eigenvalue weighted by Crippen LogP contribution is 2.31. The molecule has 1 aliphatic rings. The minimum Gasteiger partial charge on any atom is -0.388 e. The Morgan fingerprint density at radius 3 is 2.17 bits per heavy atom. The maximum Gasteiger partial charge on any atom is 0.150 e. The molecular formula is C14H20O3S. The summed E-state index contributed by atoms with van der Waals surface area (Å²) in [6.07, 6.45) is -0.0985. The molecule has 0 radical (unpaired) electrons. The summed E-state index contributed by atoms with van der Waals surface area (Å²) < 4.78 is 22.8. The number of benzene rings is 1. The number of hydrogen-bond acceptors (Lipinski definition) is 3. The molecule has 1 fully saturated rings. The molecule has 100 valence electrons. The Kier molecular flexibility index (Phi) is 3.78. The fourth-order valence-electron chi connectivity index (χ4n) is 2.42. The molecule has 1 saturated heterocycles. The standard InChI is InChI=1S/C14H20O3S/c1-10(2)11-3-5-12(6-4-11)14(15)13-7-8-18(16,17)9-13/h3-6,10,13-15H,7-9H2,1-2H3. The molecule has 18 heavy (non-hydrogen) atoms. The molecule has 0 saturated carbocycles. The molecule has 1 aromatic rings. The van der Waals surface area contributed by atoms with Gasteiger partial charge in [-0.3, -0.25) is 0 Å². The Hall–Kier alpha value is -0.870. The quantitative estimate of drug-likeness (QED) is 0.915. The topological polar surface area (TPSA) is 54.4 Å². The molecule has 2 unspecified atom stereocenters. The van der Waals surface area contributed by atoms with E-state index in [4.69, 9.17) is 0 Å². The highest BCUT2D eigenvalue weighted by atomic mass is 32.2. The first kappa shape index (κ1) is 13.6. The fraction of sp³-hybridized carbons (Fsp3) is 0.571. The second-order valence-electron chi connectivity index (χ2n) is 5.43. The van der Waals surface area contributed by atoms with Gasteiger partial charge in [-0.2, -0.15) is 0 Å². The lowest BCUT2D eigenvalue weighted by molar-refractivity contribution is 0.121. The van der Waals surface area contributed by atoms with Gasteiger partial charge in [0.05, 0.1) is 17.6 Å². The molecule has 4 heteroatoms. The number of rotatable bonds is 3. The van der Waals surface area contributed by atoms with E-state index >= 15 is 0 Å². The van der Waals surface area contributed by atoms with E-state index in [9.17, 15) is 13.5 Å². The van der Waals surface area contributed by atoms with E-state index in [-0.39, 0.29) is 17.4 Å². The van der Waals surface area contributed by atoms with Crippen LogP contribution in [-0.4, -0.2) is 25.0 Å². The third-order valence-corrected chi connectivity index (χ3v) is 5.45. The van der Waals surface area contributed by atoms with E-state index in [1.165, 1.54) is 5.56 Å². The van der Waals surface area contributed by atoms with Gasteiger partial charge in [0.1, 0.15) is 0 Å². The number of aliphatic hydroxyl groups excluding tert-OH is 1. The first-order valence-electron chi connectivity index (χ1n) is 6.37. The summed E-state index contributed by atoms with van der Waals surface area (Å²) in [4.78, 5) is 0. The van der Waals surface area contributed by atoms with Crippen LogP contribution in [0.3, 0.4) is 0 Å². The van der Waals surface area contributed by atoms with Crippen molar-refractivity contribution in [1.29, 1.82) is 0 Å². The second-order valence-corrected chi connectivity index (χ2v) is 7.66. The van der Waals surface area contributed by atoms with E-state index in [0.29, 0.717) is 12.3 Å². The zero-order valence-electron chi connectivity index (χ0n) is 10.8. The molecule has 1 N–H and O–H groups in total. The molecule has 2 atom stereocenters. The summed E-state index contributed by atoms with van der Waals surface area (Å²) >= 11 is 0. The van der Waals surface area contributed by atoms with Crippen LogP contribution in [0.2, 0.25) is 0 Å². The van der Waals surface area contributed by atoms with Gasteiger partial charge < -0.3 is 5.11 Å². The lowest BCUT2D eigenvalue weighted by Gasteiger charge is -2.17. The van der Waals surface area contributed by atoms with E-state index in [0.717, 1.165) is 5.56 Å². The molecule has 1 heterocycles. The summed E-state index contributed by atoms with van der Waals surface area (Å²) in [7, 11) is -2.93. The molecular weight excluding hydrogens is 248 g/mol. The largest absolute Gasteiger partial charge is 0.388 e. The van der Waals surface area contributed by atoms with Gasteiger partial charge in [0.15, 0.2) is 9.84 Å². The van der Waals surface area contributed by atoms with Gasteiger partial charge in [-0.15, -0.1) is 0 Å². The Bertz CT molecular complexity index is 502. The van der Waals surface area contributed by atoms with Gasteiger partial charge in [-0.05, 0) is 23.5 Å². The van der Waals surface area contributed by atoms with Crippen molar-refractivity contribution in [3.63, 3.8) is 0 Å². The van der Waals surface area contributed by atoms with E-state index in [1.807, 2.05) is 24.3 Å². The molecule has 3 nitrogen and oxygen atoms in total. The van der Waals surface area contributed by atoms with Crippen molar-refractivity contribution in [2.75, 3.05) is 11.5 Å². The van der Waals surface area contributed by atoms with Crippen LogP contribution in [0, 0.1) is 5.92 Å². The molecule has 0 aromatic heterocycles. The second kappa shape index (κ2) is 5.02. The third-order valence-electron chi connectivity index (χ3n) is 3.66. The Labute approximate surface area is 109 Å². The summed E-state index contributed by atoms with van der Waals surface area (Å²) in [5.74, 6) is 0.627. The molecule has 0 bridgehead atoms. The molecule has 0 aliphatic carbocycles. The van der Waals surface area contributed by atoms with Crippen molar-refractivity contribution in [3.05, 3.63) is 35.4 Å². The van der Waals surface area contributed by atoms with Crippen LogP contribution in [0.1, 0.15) is 43.4 Å². The highest BCUT2D eigenvalue weighted by Gasteiger charge is 2.33. The molecule has 2 rings (SSSR count). The van der Waals surface area contributed by atoms with Gasteiger partial charge in [-0.1, -0.05) is 38.1 Å². The van der Waals surface area contributed by atoms with Crippen LogP contribution in [0.4, 0.5) is 0 Å². The van der Waals surface area contributed by atoms with Crippen molar-refractivity contribution < 1.29 is 13.5 Å². The molecule has 0 amide bonds. The van der Waals surface area contributed by atoms with Crippen molar-refractivity contribution in [1.82, 2.24) is 0 Å². The first-order chi connectivity index (χ1) is 8.39. The van der Waals surface area contributed by atoms with E-state index in [2.05, 4.69) is 13.8 Å². The predicted octanol–water partition coefficient (Wildman–Crippen LogP) is 2.28. The summed E-state index contributed by atoms with van der Waals surface area (Å²) in [6, 6.07) is 7.83. The smallest absolute Gasteiger partial charge is 0.150 e. The predicted molar refractivity (Wildman–Crippen MR) is 72.3 cm³/mol. The Morgan fingerprint density at radius 1 is 1.17 bits per heavy atom. The van der Waals surface area contributed by atoms with Gasteiger partial charge in [0, 0.05) is 5.92 Å². The zero-order valence-corrected chi connectivity index (χ0v) is 11.7. The van der Waals surface area contributed by atoms with Crippen LogP contribution >= 0.6 is 0 Å². The van der Waals surface area contributed by atoms with E-state index in [1.54, 1.807) is 0 Å². The summed E-state index contributed by atoms with van der Waals surface area (Å²) in [6.45, 7) is 4.24. The van der Waals surface area contributed by atoms with Crippen LogP contribution in [0.15, 0.2) is 24.3 Å². The van der Waals surface area contributed by atoms with Gasteiger partial charge >= 0.3 is 0 Å². The Balaban J connectivity index is 2.12. The van der Waals surface area contributed by atoms with Gasteiger partial charge in [0.2, 0.25) is 0 Å². The molecule has 1 aromatic carbocycles. The van der Waals surface area contributed by atoms with Gasteiger partial charge in [-0.25, -0.2) is 8.42 Å². The minimum atomic E-state index is -2.93. The van der Waals surface area contributed by atoms with Crippen LogP contribution in [0.5, 0.6) is 0 Å². The summed E-state index contributed by atoms with van der Waals surface area (Å²) in [5, 5.41) is 10.2. The third kappa shape index (κ3) is 2.93. The molecule has 0 spiro atoms. The average Bonchev–Trinajstić information content (AvgIpc) is 2.69. The maximum absolute atomic E-state index is 11.4. The molecule has 1 aliphatic heterocycles. The average molecular weight is 268 g/mol. The number of aliphatic hydroxyl groups is 1. The first-order valence-corrected chi connectivity index (χ1v) is 8.19. The lowest BCUT2D eigenvalue weighted by Crippen LogP contribution is -2.14. The van der Waals surface area contributed by atoms with Crippen LogP contribution in [0.25, 0.3) is 0 Å². The normalized spacial score (nSPS) is 24.3. The van der Waals surface area contributed by atoms with Crippen molar-refractivity contribution >= 4 is 9.84 Å². The van der Waals surface area contributed by atoms with Gasteiger partial charge in [0.25, 0.3) is 0 Å². The van der Waals surface area contributed by atoms with Crippen LogP contribution < -0.4 is 0 Å².